The number of benzene rings is 1. The molecule has 20 heavy (non-hydrogen) atoms. The second kappa shape index (κ2) is 7.53. The summed E-state index contributed by atoms with van der Waals surface area (Å²) in [7, 11) is 0. The highest BCUT2D eigenvalue weighted by atomic mass is 32.2. The fourth-order valence-electron chi connectivity index (χ4n) is 2.41. The summed E-state index contributed by atoms with van der Waals surface area (Å²) in [5.41, 5.74) is 0. The molecule has 1 aromatic carbocycles. The zero-order valence-corrected chi connectivity index (χ0v) is 12.5. The zero-order chi connectivity index (χ0) is 14.4. The number of amides is 1. The van der Waals surface area contributed by atoms with Crippen LogP contribution in [0.4, 0.5) is 4.39 Å². The van der Waals surface area contributed by atoms with Gasteiger partial charge in [-0.05, 0) is 31.2 Å². The van der Waals surface area contributed by atoms with Gasteiger partial charge in [-0.3, -0.25) is 4.79 Å². The number of hydrogen-bond acceptors (Lipinski definition) is 3. The van der Waals surface area contributed by atoms with Gasteiger partial charge >= 0.3 is 0 Å². The predicted molar refractivity (Wildman–Crippen MR) is 79.6 cm³/mol. The van der Waals surface area contributed by atoms with E-state index in [4.69, 9.17) is 4.74 Å². The van der Waals surface area contributed by atoms with Gasteiger partial charge in [-0.2, -0.15) is 11.8 Å². The van der Waals surface area contributed by atoms with Gasteiger partial charge in [0.05, 0.1) is 12.4 Å². The van der Waals surface area contributed by atoms with Gasteiger partial charge in [-0.1, -0.05) is 6.07 Å². The molecule has 0 N–H and O–H groups in total. The number of hydrogen-bond donors (Lipinski definition) is 0. The van der Waals surface area contributed by atoms with Crippen LogP contribution in [0.15, 0.2) is 24.3 Å². The van der Waals surface area contributed by atoms with E-state index in [0.717, 1.165) is 25.9 Å². The molecule has 0 aromatic heterocycles. The Bertz CT molecular complexity index is 455. The van der Waals surface area contributed by atoms with E-state index in [2.05, 4.69) is 0 Å². The summed E-state index contributed by atoms with van der Waals surface area (Å²) in [5.74, 6) is 1.34. The van der Waals surface area contributed by atoms with Gasteiger partial charge in [0.15, 0.2) is 0 Å². The van der Waals surface area contributed by atoms with Crippen molar-refractivity contribution in [3.05, 3.63) is 30.1 Å². The first kappa shape index (κ1) is 15.2. The molecule has 0 aliphatic carbocycles. The van der Waals surface area contributed by atoms with Crippen LogP contribution >= 0.6 is 11.8 Å². The van der Waals surface area contributed by atoms with E-state index in [9.17, 15) is 9.18 Å². The van der Waals surface area contributed by atoms with E-state index in [1.54, 1.807) is 23.9 Å². The Morgan fingerprint density at radius 1 is 1.55 bits per heavy atom. The number of carbonyl (C=O) groups is 1. The number of halogens is 1. The monoisotopic (exact) mass is 297 g/mol. The molecule has 0 bridgehead atoms. The number of thioether (sulfide) groups is 1. The molecule has 3 nitrogen and oxygen atoms in total. The van der Waals surface area contributed by atoms with Crippen molar-refractivity contribution >= 4 is 17.7 Å². The van der Waals surface area contributed by atoms with Crippen LogP contribution in [0.2, 0.25) is 0 Å². The second-order valence-electron chi connectivity index (χ2n) is 5.05. The fraction of sp³-hybridized carbons (Fsp3) is 0.533. The molecular formula is C15H20FNO2S. The number of ether oxygens (including phenoxy) is 1. The molecular weight excluding hydrogens is 277 g/mol. The Labute approximate surface area is 123 Å². The number of piperidine rings is 1. The maximum atomic E-state index is 13.1. The minimum atomic E-state index is -0.289. The van der Waals surface area contributed by atoms with Crippen LogP contribution in [0.3, 0.4) is 0 Å². The van der Waals surface area contributed by atoms with E-state index in [1.807, 2.05) is 11.2 Å². The van der Waals surface area contributed by atoms with Crippen LogP contribution in [0, 0.1) is 11.7 Å². The Hall–Kier alpha value is -1.23. The van der Waals surface area contributed by atoms with Gasteiger partial charge in [-0.25, -0.2) is 4.39 Å². The topological polar surface area (TPSA) is 29.5 Å². The van der Waals surface area contributed by atoms with E-state index in [0.29, 0.717) is 24.0 Å². The van der Waals surface area contributed by atoms with Crippen molar-refractivity contribution in [2.75, 3.05) is 31.7 Å². The molecule has 110 valence electrons. The third-order valence-electron chi connectivity index (χ3n) is 3.42. The number of carbonyl (C=O) groups excluding carboxylic acids is 1. The Balaban J connectivity index is 1.82. The van der Waals surface area contributed by atoms with Gasteiger partial charge < -0.3 is 9.64 Å². The molecule has 1 amide bonds. The Kier molecular flexibility index (Phi) is 5.71. The van der Waals surface area contributed by atoms with Crippen molar-refractivity contribution in [2.45, 2.75) is 12.8 Å². The van der Waals surface area contributed by atoms with Crippen LogP contribution in [0.5, 0.6) is 5.75 Å². The Morgan fingerprint density at radius 2 is 2.40 bits per heavy atom. The Morgan fingerprint density at radius 3 is 3.15 bits per heavy atom. The van der Waals surface area contributed by atoms with Crippen LogP contribution in [0.1, 0.15) is 12.8 Å². The third kappa shape index (κ3) is 4.40. The van der Waals surface area contributed by atoms with Crippen LogP contribution in [-0.4, -0.2) is 42.5 Å². The summed E-state index contributed by atoms with van der Waals surface area (Å²) in [4.78, 5) is 13.8. The summed E-state index contributed by atoms with van der Waals surface area (Å²) in [6, 6.07) is 6.18. The quantitative estimate of drug-likeness (QED) is 0.837. The lowest BCUT2D eigenvalue weighted by Crippen LogP contribution is -2.42. The average Bonchev–Trinajstić information content (AvgIpc) is 2.46. The fourth-order valence-corrected chi connectivity index (χ4v) is 2.84. The molecule has 1 atom stereocenters. The first-order chi connectivity index (χ1) is 9.69. The average molecular weight is 297 g/mol. The molecule has 0 spiro atoms. The maximum absolute atomic E-state index is 13.1. The molecule has 0 radical (unpaired) electrons. The van der Waals surface area contributed by atoms with E-state index < -0.39 is 0 Å². The van der Waals surface area contributed by atoms with Crippen LogP contribution < -0.4 is 4.74 Å². The molecule has 1 aromatic rings. The van der Waals surface area contributed by atoms with Crippen molar-refractivity contribution < 1.29 is 13.9 Å². The lowest BCUT2D eigenvalue weighted by molar-refractivity contribution is -0.130. The van der Waals surface area contributed by atoms with Crippen molar-refractivity contribution in [3.8, 4) is 5.75 Å². The van der Waals surface area contributed by atoms with Gasteiger partial charge in [0.2, 0.25) is 5.91 Å². The minimum Gasteiger partial charge on any atom is -0.493 e. The number of likely N-dealkylation sites (tertiary alicyclic amines) is 1. The molecule has 0 unspecified atom stereocenters. The van der Waals surface area contributed by atoms with Crippen LogP contribution in [-0.2, 0) is 4.79 Å². The molecule has 1 fully saturated rings. The summed E-state index contributed by atoms with van der Waals surface area (Å²) in [5, 5.41) is 0. The molecule has 2 rings (SSSR count). The molecule has 1 aliphatic heterocycles. The van der Waals surface area contributed by atoms with Crippen molar-refractivity contribution in [2.24, 2.45) is 5.92 Å². The molecule has 1 saturated heterocycles. The standard InChI is InChI=1S/C15H20FNO2S/c1-20-11-15(18)17-7-3-4-12(9-17)10-19-14-6-2-5-13(16)8-14/h2,5-6,8,12H,3-4,7,9-11H2,1H3/t12-/m1/s1. The van der Waals surface area contributed by atoms with Crippen molar-refractivity contribution in [3.63, 3.8) is 0 Å². The van der Waals surface area contributed by atoms with Gasteiger partial charge in [0, 0.05) is 25.1 Å². The smallest absolute Gasteiger partial charge is 0.232 e. The highest BCUT2D eigenvalue weighted by Crippen LogP contribution is 2.20. The summed E-state index contributed by atoms with van der Waals surface area (Å²) >= 11 is 1.55. The largest absolute Gasteiger partial charge is 0.493 e. The summed E-state index contributed by atoms with van der Waals surface area (Å²) in [6.07, 6.45) is 4.00. The highest BCUT2D eigenvalue weighted by molar-refractivity contribution is 7.99. The first-order valence-electron chi connectivity index (χ1n) is 6.84. The highest BCUT2D eigenvalue weighted by Gasteiger charge is 2.23. The van der Waals surface area contributed by atoms with E-state index in [1.165, 1.54) is 12.1 Å². The second-order valence-corrected chi connectivity index (χ2v) is 5.92. The van der Waals surface area contributed by atoms with E-state index >= 15 is 0 Å². The van der Waals surface area contributed by atoms with E-state index in [-0.39, 0.29) is 11.7 Å². The molecule has 5 heteroatoms. The maximum Gasteiger partial charge on any atom is 0.232 e. The minimum absolute atomic E-state index is 0.202. The van der Waals surface area contributed by atoms with Gasteiger partial charge in [0.25, 0.3) is 0 Å². The third-order valence-corrected chi connectivity index (χ3v) is 3.96. The number of nitrogens with zero attached hydrogens (tertiary/aromatic N) is 1. The summed E-state index contributed by atoms with van der Waals surface area (Å²) < 4.78 is 18.7. The normalized spacial score (nSPS) is 18.9. The first-order valence-corrected chi connectivity index (χ1v) is 8.23. The number of rotatable bonds is 5. The SMILES string of the molecule is CSCC(=O)N1CCC[C@@H](COc2cccc(F)c2)C1. The lowest BCUT2D eigenvalue weighted by Gasteiger charge is -2.32. The summed E-state index contributed by atoms with van der Waals surface area (Å²) in [6.45, 7) is 2.12. The zero-order valence-electron chi connectivity index (χ0n) is 11.7. The molecule has 1 aliphatic rings. The lowest BCUT2D eigenvalue weighted by atomic mass is 9.99. The van der Waals surface area contributed by atoms with Crippen LogP contribution in [0.25, 0.3) is 0 Å². The van der Waals surface area contributed by atoms with Crippen molar-refractivity contribution in [1.29, 1.82) is 0 Å². The van der Waals surface area contributed by atoms with Gasteiger partial charge in [-0.15, -0.1) is 0 Å². The predicted octanol–water partition coefficient (Wildman–Crippen LogP) is 2.81. The van der Waals surface area contributed by atoms with Gasteiger partial charge in [0.1, 0.15) is 11.6 Å². The molecule has 1 heterocycles. The van der Waals surface area contributed by atoms with Crippen molar-refractivity contribution in [1.82, 2.24) is 4.90 Å². The molecule has 0 saturated carbocycles.